The molecule has 0 aromatic heterocycles. The second-order valence-electron chi connectivity index (χ2n) is 6.82. The van der Waals surface area contributed by atoms with Crippen LogP contribution in [0.2, 0.25) is 0 Å². The molecule has 6 heteroatoms. The molecule has 0 bridgehead atoms. The van der Waals surface area contributed by atoms with Crippen molar-refractivity contribution in [2.75, 3.05) is 60.1 Å². The maximum atomic E-state index is 4.45. The highest BCUT2D eigenvalue weighted by atomic mass is 32.2. The first-order valence-electron chi connectivity index (χ1n) is 9.00. The molecule has 1 aliphatic heterocycles. The summed E-state index contributed by atoms with van der Waals surface area (Å²) in [6.45, 7) is 8.69. The third kappa shape index (κ3) is 6.20. The van der Waals surface area contributed by atoms with Crippen molar-refractivity contribution in [3.05, 3.63) is 29.8 Å². The Morgan fingerprint density at radius 3 is 2.44 bits per heavy atom. The molecule has 0 saturated carbocycles. The number of guanidine groups is 1. The van der Waals surface area contributed by atoms with Crippen LogP contribution in [0.25, 0.3) is 0 Å². The van der Waals surface area contributed by atoms with Gasteiger partial charge in [0.1, 0.15) is 0 Å². The Hall–Kier alpha value is -1.24. The van der Waals surface area contributed by atoms with Gasteiger partial charge in [-0.3, -0.25) is 9.89 Å². The van der Waals surface area contributed by atoms with E-state index in [0.717, 1.165) is 45.2 Å². The SMILES string of the molecule is CN=C(NCC(C)N1CCN(C)CC1)N(C)Cc1ccc(SC)cc1. The van der Waals surface area contributed by atoms with E-state index in [1.165, 1.54) is 10.5 Å². The van der Waals surface area contributed by atoms with Gasteiger partial charge in [0.2, 0.25) is 0 Å². The van der Waals surface area contributed by atoms with Crippen LogP contribution in [0, 0.1) is 0 Å². The highest BCUT2D eigenvalue weighted by Gasteiger charge is 2.19. The first-order chi connectivity index (χ1) is 12.0. The van der Waals surface area contributed by atoms with Crippen LogP contribution in [0.3, 0.4) is 0 Å². The number of piperazine rings is 1. The van der Waals surface area contributed by atoms with Crippen LogP contribution in [0.1, 0.15) is 12.5 Å². The van der Waals surface area contributed by atoms with Crippen LogP contribution >= 0.6 is 11.8 Å². The largest absolute Gasteiger partial charge is 0.355 e. The van der Waals surface area contributed by atoms with Crippen LogP contribution < -0.4 is 5.32 Å². The first-order valence-corrected chi connectivity index (χ1v) is 10.2. The predicted octanol–water partition coefficient (Wildman–Crippen LogP) is 2.05. The van der Waals surface area contributed by atoms with Gasteiger partial charge in [-0.25, -0.2) is 0 Å². The number of benzene rings is 1. The number of nitrogens with one attached hydrogen (secondary N) is 1. The molecule has 1 fully saturated rings. The lowest BCUT2D eigenvalue weighted by molar-refractivity contribution is 0.119. The molecular weight excluding hydrogens is 330 g/mol. The number of hydrogen-bond donors (Lipinski definition) is 1. The van der Waals surface area contributed by atoms with Crippen LogP contribution in [-0.2, 0) is 6.54 Å². The zero-order valence-corrected chi connectivity index (χ0v) is 17.1. The lowest BCUT2D eigenvalue weighted by Crippen LogP contribution is -2.52. The average molecular weight is 364 g/mol. The van der Waals surface area contributed by atoms with E-state index in [1.54, 1.807) is 11.8 Å². The molecule has 1 atom stereocenters. The number of thioether (sulfide) groups is 1. The van der Waals surface area contributed by atoms with E-state index in [2.05, 4.69) is 76.5 Å². The Morgan fingerprint density at radius 2 is 1.88 bits per heavy atom. The average Bonchev–Trinajstić information content (AvgIpc) is 2.63. The fourth-order valence-corrected chi connectivity index (χ4v) is 3.50. The Morgan fingerprint density at radius 1 is 1.24 bits per heavy atom. The van der Waals surface area contributed by atoms with Gasteiger partial charge >= 0.3 is 0 Å². The topological polar surface area (TPSA) is 34.1 Å². The van der Waals surface area contributed by atoms with Crippen LogP contribution in [0.15, 0.2) is 34.2 Å². The van der Waals surface area contributed by atoms with Crippen molar-refractivity contribution in [3.63, 3.8) is 0 Å². The smallest absolute Gasteiger partial charge is 0.193 e. The van der Waals surface area contributed by atoms with Crippen LogP contribution in [0.4, 0.5) is 0 Å². The molecule has 25 heavy (non-hydrogen) atoms. The standard InChI is InChI=1S/C19H33N5S/c1-16(24-12-10-22(3)11-13-24)14-21-19(20-2)23(4)15-17-6-8-18(25-5)9-7-17/h6-9,16H,10-15H2,1-5H3,(H,20,21). The van der Waals surface area contributed by atoms with E-state index in [0.29, 0.717) is 6.04 Å². The van der Waals surface area contributed by atoms with Crippen molar-refractivity contribution >= 4 is 17.7 Å². The van der Waals surface area contributed by atoms with Gasteiger partial charge in [0, 0.05) is 64.3 Å². The second kappa shape index (κ2) is 10.0. The third-order valence-corrected chi connectivity index (χ3v) is 5.61. The highest BCUT2D eigenvalue weighted by molar-refractivity contribution is 7.98. The lowest BCUT2D eigenvalue weighted by atomic mass is 10.2. The molecule has 1 N–H and O–H groups in total. The van der Waals surface area contributed by atoms with Gasteiger partial charge in [0.25, 0.3) is 0 Å². The Balaban J connectivity index is 1.82. The zero-order chi connectivity index (χ0) is 18.2. The van der Waals surface area contributed by atoms with Gasteiger partial charge in [0.15, 0.2) is 5.96 Å². The fraction of sp³-hybridized carbons (Fsp3) is 0.632. The molecule has 5 nitrogen and oxygen atoms in total. The molecular formula is C19H33N5S. The Bertz CT molecular complexity index is 537. The fourth-order valence-electron chi connectivity index (χ4n) is 3.10. The molecule has 0 spiro atoms. The monoisotopic (exact) mass is 363 g/mol. The number of hydrogen-bond acceptors (Lipinski definition) is 4. The summed E-state index contributed by atoms with van der Waals surface area (Å²) in [5, 5.41) is 3.54. The van der Waals surface area contributed by atoms with E-state index >= 15 is 0 Å². The molecule has 2 rings (SSSR count). The normalized spacial score (nSPS) is 18.2. The molecule has 1 heterocycles. The molecule has 1 unspecified atom stereocenters. The zero-order valence-electron chi connectivity index (χ0n) is 16.3. The van der Waals surface area contributed by atoms with E-state index in [1.807, 2.05) is 7.05 Å². The van der Waals surface area contributed by atoms with Crippen molar-refractivity contribution < 1.29 is 0 Å². The highest BCUT2D eigenvalue weighted by Crippen LogP contribution is 2.15. The summed E-state index contributed by atoms with van der Waals surface area (Å²) < 4.78 is 0. The molecule has 0 aliphatic carbocycles. The first kappa shape index (κ1) is 20.1. The molecule has 1 aromatic carbocycles. The minimum Gasteiger partial charge on any atom is -0.355 e. The quantitative estimate of drug-likeness (QED) is 0.475. The Kier molecular flexibility index (Phi) is 8.06. The van der Waals surface area contributed by atoms with Gasteiger partial charge in [0.05, 0.1) is 0 Å². The number of likely N-dealkylation sites (N-methyl/N-ethyl adjacent to an activating group) is 1. The summed E-state index contributed by atoms with van der Waals surface area (Å²) in [6.07, 6.45) is 2.11. The molecule has 0 amide bonds. The van der Waals surface area contributed by atoms with Crippen LogP contribution in [-0.4, -0.2) is 86.8 Å². The molecule has 1 aromatic rings. The second-order valence-corrected chi connectivity index (χ2v) is 7.70. The Labute approximate surface area is 157 Å². The molecule has 1 saturated heterocycles. The maximum absolute atomic E-state index is 4.45. The summed E-state index contributed by atoms with van der Waals surface area (Å²) in [6, 6.07) is 9.27. The summed E-state index contributed by atoms with van der Waals surface area (Å²) in [4.78, 5) is 12.9. The summed E-state index contributed by atoms with van der Waals surface area (Å²) in [5.74, 6) is 0.954. The summed E-state index contributed by atoms with van der Waals surface area (Å²) >= 11 is 1.77. The van der Waals surface area contributed by atoms with E-state index in [4.69, 9.17) is 0 Å². The van der Waals surface area contributed by atoms with Gasteiger partial charge in [-0.15, -0.1) is 11.8 Å². The number of nitrogens with zero attached hydrogens (tertiary/aromatic N) is 4. The van der Waals surface area contributed by atoms with Crippen molar-refractivity contribution in [2.45, 2.75) is 24.4 Å². The van der Waals surface area contributed by atoms with E-state index in [9.17, 15) is 0 Å². The lowest BCUT2D eigenvalue weighted by Gasteiger charge is -2.37. The predicted molar refractivity (Wildman–Crippen MR) is 110 cm³/mol. The molecule has 140 valence electrons. The van der Waals surface area contributed by atoms with Crippen molar-refractivity contribution in [1.82, 2.24) is 20.0 Å². The van der Waals surface area contributed by atoms with Crippen LogP contribution in [0.5, 0.6) is 0 Å². The summed E-state index contributed by atoms with van der Waals surface area (Å²) in [7, 11) is 6.15. The third-order valence-electron chi connectivity index (χ3n) is 4.87. The van der Waals surface area contributed by atoms with Gasteiger partial charge in [-0.05, 0) is 37.9 Å². The van der Waals surface area contributed by atoms with E-state index < -0.39 is 0 Å². The minimum atomic E-state index is 0.514. The maximum Gasteiger partial charge on any atom is 0.193 e. The minimum absolute atomic E-state index is 0.514. The molecule has 1 aliphatic rings. The van der Waals surface area contributed by atoms with Crippen molar-refractivity contribution in [2.24, 2.45) is 4.99 Å². The van der Waals surface area contributed by atoms with E-state index in [-0.39, 0.29) is 0 Å². The van der Waals surface area contributed by atoms with Crippen molar-refractivity contribution in [3.8, 4) is 0 Å². The van der Waals surface area contributed by atoms with Gasteiger partial charge < -0.3 is 15.1 Å². The van der Waals surface area contributed by atoms with Gasteiger partial charge in [-0.1, -0.05) is 12.1 Å². The number of aliphatic imine (C=N–C) groups is 1. The van der Waals surface area contributed by atoms with Gasteiger partial charge in [-0.2, -0.15) is 0 Å². The number of rotatable bonds is 6. The summed E-state index contributed by atoms with van der Waals surface area (Å²) in [5.41, 5.74) is 1.30. The molecule has 0 radical (unpaired) electrons. The van der Waals surface area contributed by atoms with Crippen molar-refractivity contribution in [1.29, 1.82) is 0 Å².